The number of carbonyl (C=O) groups excluding carboxylic acids is 2. The van der Waals surface area contributed by atoms with Crippen molar-refractivity contribution in [3.8, 4) is 6.07 Å². The maximum atomic E-state index is 13.4. The number of carbonyl (C=O) groups is 2. The lowest BCUT2D eigenvalue weighted by molar-refractivity contribution is -0.138. The predicted molar refractivity (Wildman–Crippen MR) is 123 cm³/mol. The largest absolute Gasteiger partial charge is 0.417 e. The average molecular weight is 494 g/mol. The van der Waals surface area contributed by atoms with E-state index < -0.39 is 28.7 Å². The Morgan fingerprint density at radius 3 is 2.38 bits per heavy atom. The summed E-state index contributed by atoms with van der Waals surface area (Å²) in [5.74, 6) is 0.0185. The molecule has 2 heterocycles. The van der Waals surface area contributed by atoms with Gasteiger partial charge >= 0.3 is 6.18 Å². The van der Waals surface area contributed by atoms with Gasteiger partial charge < -0.3 is 9.80 Å². The molecule has 0 bridgehead atoms. The van der Waals surface area contributed by atoms with Crippen LogP contribution in [0.1, 0.15) is 37.8 Å². The first-order chi connectivity index (χ1) is 15.9. The molecule has 0 radical (unpaired) electrons. The molecule has 2 aliphatic heterocycles. The molecule has 34 heavy (non-hydrogen) atoms. The zero-order valence-corrected chi connectivity index (χ0v) is 19.9. The van der Waals surface area contributed by atoms with Crippen molar-refractivity contribution in [2.45, 2.75) is 38.4 Å². The topological polar surface area (TPSA) is 70.9 Å². The number of rotatable bonds is 5. The van der Waals surface area contributed by atoms with Gasteiger partial charge in [0, 0.05) is 45.2 Å². The van der Waals surface area contributed by atoms with Crippen LogP contribution in [0.4, 0.5) is 18.9 Å². The van der Waals surface area contributed by atoms with E-state index in [9.17, 15) is 22.8 Å². The molecule has 3 aliphatic rings. The van der Waals surface area contributed by atoms with Gasteiger partial charge in [0.15, 0.2) is 5.11 Å². The number of hydrogen-bond donors (Lipinski definition) is 0. The van der Waals surface area contributed by atoms with E-state index in [1.165, 1.54) is 6.07 Å². The highest BCUT2D eigenvalue weighted by Crippen LogP contribution is 2.38. The van der Waals surface area contributed by atoms with Crippen LogP contribution in [-0.2, 0) is 15.8 Å². The van der Waals surface area contributed by atoms with Crippen molar-refractivity contribution in [2.75, 3.05) is 44.2 Å². The minimum absolute atomic E-state index is 0.0101. The highest BCUT2D eigenvalue weighted by atomic mass is 32.1. The number of benzene rings is 1. The van der Waals surface area contributed by atoms with Gasteiger partial charge in [-0.05, 0) is 57.1 Å². The summed E-state index contributed by atoms with van der Waals surface area (Å²) in [6.45, 7) is 7.21. The molecule has 0 spiro atoms. The van der Waals surface area contributed by atoms with Gasteiger partial charge in [0.1, 0.15) is 5.54 Å². The van der Waals surface area contributed by atoms with Crippen molar-refractivity contribution in [3.63, 3.8) is 0 Å². The van der Waals surface area contributed by atoms with Crippen molar-refractivity contribution in [1.82, 2.24) is 14.7 Å². The summed E-state index contributed by atoms with van der Waals surface area (Å²) in [4.78, 5) is 32.4. The maximum Gasteiger partial charge on any atom is 0.417 e. The molecule has 4 rings (SSSR count). The molecule has 3 fully saturated rings. The van der Waals surface area contributed by atoms with E-state index in [2.05, 4.69) is 4.90 Å². The molecular weight excluding hydrogens is 467 g/mol. The van der Waals surface area contributed by atoms with E-state index in [0.29, 0.717) is 26.2 Å². The molecule has 1 aliphatic carbocycles. The van der Waals surface area contributed by atoms with Gasteiger partial charge in [-0.1, -0.05) is 0 Å². The molecule has 0 unspecified atom stereocenters. The van der Waals surface area contributed by atoms with E-state index in [0.717, 1.165) is 43.0 Å². The van der Waals surface area contributed by atoms with Crippen LogP contribution in [0.15, 0.2) is 18.2 Å². The Kier molecular flexibility index (Phi) is 6.33. The maximum absolute atomic E-state index is 13.4. The summed E-state index contributed by atoms with van der Waals surface area (Å²) in [6, 6.07) is 4.73. The molecule has 11 heteroatoms. The molecule has 2 saturated heterocycles. The van der Waals surface area contributed by atoms with Crippen LogP contribution in [-0.4, -0.2) is 76.4 Å². The smallest absolute Gasteiger partial charge is 0.340 e. The summed E-state index contributed by atoms with van der Waals surface area (Å²) in [7, 11) is 0. The molecule has 1 aromatic rings. The van der Waals surface area contributed by atoms with Crippen molar-refractivity contribution < 1.29 is 22.8 Å². The minimum Gasteiger partial charge on any atom is -0.340 e. The van der Waals surface area contributed by atoms with E-state index >= 15 is 0 Å². The van der Waals surface area contributed by atoms with Crippen molar-refractivity contribution in [1.29, 1.82) is 5.26 Å². The average Bonchev–Trinajstić information content (AvgIpc) is 3.61. The quantitative estimate of drug-likeness (QED) is 0.588. The SMILES string of the molecule is CC1(C)C(=O)N(c2ccc(C#N)c(C(F)(F)F)c2)C(=S)N1CCN1CCN(C(=O)C2CC2)CC1. The van der Waals surface area contributed by atoms with E-state index in [1.807, 2.05) is 4.90 Å². The standard InChI is InChI=1S/C23H26F3N5O2S/c1-22(2)20(33)31(17-6-5-16(14-27)18(13-17)23(24,25)26)21(34)30(22)12-9-28-7-10-29(11-8-28)19(32)15-3-4-15/h5-6,13,15H,3-4,7-12H2,1-2H3. The second kappa shape index (κ2) is 8.82. The van der Waals surface area contributed by atoms with Gasteiger partial charge in [0.05, 0.1) is 22.9 Å². The second-order valence-corrected chi connectivity index (χ2v) is 9.78. The fourth-order valence-corrected chi connectivity index (χ4v) is 4.97. The van der Waals surface area contributed by atoms with Gasteiger partial charge in [-0.15, -0.1) is 0 Å². The normalized spacial score (nSPS) is 21.2. The number of thiocarbonyl (C=S) groups is 1. The molecule has 1 saturated carbocycles. The molecular formula is C23H26F3N5O2S. The third-order valence-electron chi connectivity index (χ3n) is 6.76. The van der Waals surface area contributed by atoms with Crippen LogP contribution in [0.25, 0.3) is 0 Å². The molecule has 1 aromatic carbocycles. The number of piperazine rings is 1. The number of hydrogen-bond acceptors (Lipinski definition) is 5. The second-order valence-electron chi connectivity index (χ2n) is 9.41. The fraction of sp³-hybridized carbons (Fsp3) is 0.565. The number of nitriles is 1. The summed E-state index contributed by atoms with van der Waals surface area (Å²) in [6.07, 6.45) is -2.77. The van der Waals surface area contributed by atoms with Crippen LogP contribution in [0.5, 0.6) is 0 Å². The Morgan fingerprint density at radius 1 is 1.18 bits per heavy atom. The Hall–Kier alpha value is -2.71. The lowest BCUT2D eigenvalue weighted by atomic mass is 10.0. The first-order valence-electron chi connectivity index (χ1n) is 11.2. The summed E-state index contributed by atoms with van der Waals surface area (Å²) in [5, 5.41) is 9.18. The Labute approximate surface area is 201 Å². The molecule has 2 amide bonds. The van der Waals surface area contributed by atoms with Crippen molar-refractivity contribution in [2.24, 2.45) is 5.92 Å². The van der Waals surface area contributed by atoms with Crippen LogP contribution < -0.4 is 4.90 Å². The number of anilines is 1. The summed E-state index contributed by atoms with van der Waals surface area (Å²) < 4.78 is 40.3. The fourth-order valence-electron chi connectivity index (χ4n) is 4.46. The highest BCUT2D eigenvalue weighted by Gasteiger charge is 2.50. The number of alkyl halides is 3. The van der Waals surface area contributed by atoms with Crippen LogP contribution in [0.3, 0.4) is 0 Å². The third kappa shape index (κ3) is 4.49. The number of halogens is 3. The zero-order valence-electron chi connectivity index (χ0n) is 19.1. The predicted octanol–water partition coefficient (Wildman–Crippen LogP) is 2.84. The molecule has 182 valence electrons. The van der Waals surface area contributed by atoms with E-state index in [-0.39, 0.29) is 22.6 Å². The Balaban J connectivity index is 1.45. The first-order valence-corrected chi connectivity index (χ1v) is 11.6. The number of amides is 2. The Morgan fingerprint density at radius 2 is 1.82 bits per heavy atom. The van der Waals surface area contributed by atoms with Gasteiger partial charge in [-0.3, -0.25) is 19.4 Å². The summed E-state index contributed by atoms with van der Waals surface area (Å²) >= 11 is 5.54. The van der Waals surface area contributed by atoms with Crippen LogP contribution in [0.2, 0.25) is 0 Å². The molecule has 0 N–H and O–H groups in total. The van der Waals surface area contributed by atoms with Crippen LogP contribution >= 0.6 is 12.2 Å². The lowest BCUT2D eigenvalue weighted by Gasteiger charge is -2.37. The van der Waals surface area contributed by atoms with Gasteiger partial charge in [-0.2, -0.15) is 18.4 Å². The summed E-state index contributed by atoms with van der Waals surface area (Å²) in [5.41, 5.74) is -2.65. The van der Waals surface area contributed by atoms with Crippen molar-refractivity contribution >= 4 is 34.8 Å². The Bertz CT molecular complexity index is 1060. The van der Waals surface area contributed by atoms with Gasteiger partial charge in [-0.25, -0.2) is 0 Å². The van der Waals surface area contributed by atoms with E-state index in [1.54, 1.807) is 24.8 Å². The zero-order chi connectivity index (χ0) is 24.8. The van der Waals surface area contributed by atoms with Gasteiger partial charge in [0.25, 0.3) is 5.91 Å². The minimum atomic E-state index is -4.73. The van der Waals surface area contributed by atoms with Crippen molar-refractivity contribution in [3.05, 3.63) is 29.3 Å². The molecule has 0 atom stereocenters. The molecule has 7 nitrogen and oxygen atoms in total. The third-order valence-corrected chi connectivity index (χ3v) is 7.16. The monoisotopic (exact) mass is 493 g/mol. The lowest BCUT2D eigenvalue weighted by Crippen LogP contribution is -2.52. The first kappa shape index (κ1) is 24.4. The van der Waals surface area contributed by atoms with Gasteiger partial charge in [0.2, 0.25) is 5.91 Å². The van der Waals surface area contributed by atoms with Crippen LogP contribution in [0, 0.1) is 17.2 Å². The van der Waals surface area contributed by atoms with E-state index in [4.69, 9.17) is 17.5 Å². The highest BCUT2D eigenvalue weighted by molar-refractivity contribution is 7.80. The molecule has 0 aromatic heterocycles. The number of nitrogens with zero attached hydrogens (tertiary/aromatic N) is 5.